The molecule has 0 aromatic heterocycles. The van der Waals surface area contributed by atoms with Crippen LogP contribution in [0.25, 0.3) is 0 Å². The predicted molar refractivity (Wildman–Crippen MR) is 83.3 cm³/mol. The van der Waals surface area contributed by atoms with E-state index in [1.807, 2.05) is 0 Å². The summed E-state index contributed by atoms with van der Waals surface area (Å²) in [5.74, 6) is -0.0482. The van der Waals surface area contributed by atoms with Crippen LogP contribution in [0.5, 0.6) is 5.75 Å². The number of hydrogen-bond donors (Lipinski definition) is 1. The molecule has 22 heavy (non-hydrogen) atoms. The first-order valence-electron chi connectivity index (χ1n) is 7.38. The van der Waals surface area contributed by atoms with Gasteiger partial charge >= 0.3 is 0 Å². The number of carbonyl (C=O) groups is 1. The van der Waals surface area contributed by atoms with Crippen molar-refractivity contribution in [2.24, 2.45) is 11.7 Å². The minimum Gasteiger partial charge on any atom is -0.496 e. The second-order valence-corrected chi connectivity index (χ2v) is 7.44. The summed E-state index contributed by atoms with van der Waals surface area (Å²) in [6, 6.07) is 4.22. The van der Waals surface area contributed by atoms with E-state index in [2.05, 4.69) is 6.92 Å². The third-order valence-electron chi connectivity index (χ3n) is 4.13. The number of piperidine rings is 1. The zero-order chi connectivity index (χ0) is 16.3. The van der Waals surface area contributed by atoms with Crippen molar-refractivity contribution in [3.63, 3.8) is 0 Å². The molecule has 0 spiro atoms. The number of nitrogens with two attached hydrogens (primary N) is 1. The predicted octanol–water partition coefficient (Wildman–Crippen LogP) is 1.60. The number of benzene rings is 1. The number of nitrogens with zero attached hydrogens (tertiary/aromatic N) is 1. The molecule has 0 saturated carbocycles. The molecule has 1 unspecified atom stereocenters. The Bertz CT molecular complexity index is 658. The summed E-state index contributed by atoms with van der Waals surface area (Å²) < 4.78 is 32.1. The zero-order valence-electron chi connectivity index (χ0n) is 12.9. The molecule has 0 bridgehead atoms. The maximum atomic E-state index is 12.8. The molecule has 1 fully saturated rings. The summed E-state index contributed by atoms with van der Waals surface area (Å²) in [7, 11) is -2.21. The highest BCUT2D eigenvalue weighted by molar-refractivity contribution is 7.89. The molecular formula is C15H22N2O4S. The van der Waals surface area contributed by atoms with Gasteiger partial charge in [-0.05, 0) is 37.0 Å². The highest BCUT2D eigenvalue weighted by Crippen LogP contribution is 2.28. The van der Waals surface area contributed by atoms with Crippen molar-refractivity contribution in [1.29, 1.82) is 0 Å². The second-order valence-electron chi connectivity index (χ2n) is 5.51. The van der Waals surface area contributed by atoms with Gasteiger partial charge in [-0.2, -0.15) is 4.31 Å². The van der Waals surface area contributed by atoms with Crippen molar-refractivity contribution in [2.75, 3.05) is 20.2 Å². The number of rotatable bonds is 5. The average molecular weight is 326 g/mol. The normalized spacial score (nSPS) is 19.8. The molecule has 2 N–H and O–H groups in total. The van der Waals surface area contributed by atoms with Crippen molar-refractivity contribution < 1.29 is 17.9 Å². The smallest absolute Gasteiger partial charge is 0.252 e. The SMILES string of the molecule is CCC1CCCN(S(=O)(=O)c2ccc(OC)c(C(N)=O)c2)C1. The van der Waals surface area contributed by atoms with E-state index in [9.17, 15) is 13.2 Å². The Kier molecular flexibility index (Phi) is 5.08. The van der Waals surface area contributed by atoms with Gasteiger partial charge in [0.25, 0.3) is 5.91 Å². The molecular weight excluding hydrogens is 304 g/mol. The third-order valence-corrected chi connectivity index (χ3v) is 5.99. The second kappa shape index (κ2) is 6.66. The molecule has 122 valence electrons. The summed E-state index contributed by atoms with van der Waals surface area (Å²) in [4.78, 5) is 11.6. The van der Waals surface area contributed by atoms with Gasteiger partial charge in [0.2, 0.25) is 10.0 Å². The van der Waals surface area contributed by atoms with Gasteiger partial charge in [0.1, 0.15) is 5.75 Å². The van der Waals surface area contributed by atoms with Gasteiger partial charge in [0, 0.05) is 13.1 Å². The van der Waals surface area contributed by atoms with Crippen molar-refractivity contribution >= 4 is 15.9 Å². The Labute approximate surface area is 131 Å². The third kappa shape index (κ3) is 3.25. The summed E-state index contributed by atoms with van der Waals surface area (Å²) in [5, 5.41) is 0. The monoisotopic (exact) mass is 326 g/mol. The lowest BCUT2D eigenvalue weighted by Gasteiger charge is -2.31. The molecule has 1 heterocycles. The average Bonchev–Trinajstić information content (AvgIpc) is 2.54. The highest BCUT2D eigenvalue weighted by atomic mass is 32.2. The Morgan fingerprint density at radius 1 is 1.45 bits per heavy atom. The maximum absolute atomic E-state index is 12.8. The quantitative estimate of drug-likeness (QED) is 0.890. The summed E-state index contributed by atoms with van der Waals surface area (Å²) in [6.07, 6.45) is 2.87. The fourth-order valence-electron chi connectivity index (χ4n) is 2.77. The molecule has 1 aliphatic heterocycles. The van der Waals surface area contributed by atoms with Gasteiger partial charge in [0.15, 0.2) is 0 Å². The molecule has 1 atom stereocenters. The molecule has 2 rings (SSSR count). The topological polar surface area (TPSA) is 89.7 Å². The maximum Gasteiger partial charge on any atom is 0.252 e. The summed E-state index contributed by atoms with van der Waals surface area (Å²) in [6.45, 7) is 3.10. The summed E-state index contributed by atoms with van der Waals surface area (Å²) in [5.41, 5.74) is 5.37. The number of methoxy groups -OCH3 is 1. The van der Waals surface area contributed by atoms with Crippen LogP contribution in [-0.4, -0.2) is 38.8 Å². The number of ether oxygens (including phenoxy) is 1. The number of hydrogen-bond acceptors (Lipinski definition) is 4. The first-order valence-corrected chi connectivity index (χ1v) is 8.82. The summed E-state index contributed by atoms with van der Waals surface area (Å²) >= 11 is 0. The Morgan fingerprint density at radius 2 is 2.18 bits per heavy atom. The van der Waals surface area contributed by atoms with Gasteiger partial charge in [-0.25, -0.2) is 8.42 Å². The van der Waals surface area contributed by atoms with E-state index in [0.29, 0.717) is 19.0 Å². The van der Waals surface area contributed by atoms with Crippen molar-refractivity contribution in [3.05, 3.63) is 23.8 Å². The van der Waals surface area contributed by atoms with Crippen molar-refractivity contribution in [1.82, 2.24) is 4.31 Å². The van der Waals surface area contributed by atoms with E-state index in [0.717, 1.165) is 19.3 Å². The molecule has 1 saturated heterocycles. The van der Waals surface area contributed by atoms with Crippen molar-refractivity contribution in [2.45, 2.75) is 31.1 Å². The van der Waals surface area contributed by atoms with Crippen LogP contribution in [0, 0.1) is 5.92 Å². The number of sulfonamides is 1. The van der Waals surface area contributed by atoms with Crippen LogP contribution in [0.4, 0.5) is 0 Å². The van der Waals surface area contributed by atoms with Gasteiger partial charge in [0.05, 0.1) is 17.6 Å². The van der Waals surface area contributed by atoms with Crippen LogP contribution >= 0.6 is 0 Å². The lowest BCUT2D eigenvalue weighted by Crippen LogP contribution is -2.39. The van der Waals surface area contributed by atoms with E-state index >= 15 is 0 Å². The van der Waals surface area contributed by atoms with Crippen molar-refractivity contribution in [3.8, 4) is 5.75 Å². The van der Waals surface area contributed by atoms with Gasteiger partial charge in [-0.1, -0.05) is 13.3 Å². The van der Waals surface area contributed by atoms with E-state index in [1.54, 1.807) is 0 Å². The molecule has 1 aliphatic rings. The number of carbonyl (C=O) groups excluding carboxylic acids is 1. The molecule has 1 amide bonds. The molecule has 1 aromatic carbocycles. The molecule has 6 nitrogen and oxygen atoms in total. The lowest BCUT2D eigenvalue weighted by molar-refractivity contribution is 0.0997. The van der Waals surface area contributed by atoms with Crippen LogP contribution in [0.1, 0.15) is 36.5 Å². The highest BCUT2D eigenvalue weighted by Gasteiger charge is 2.30. The van der Waals surface area contributed by atoms with Gasteiger partial charge < -0.3 is 10.5 Å². The Hall–Kier alpha value is -1.60. The first kappa shape index (κ1) is 16.8. The standard InChI is InChI=1S/C15H22N2O4S/c1-3-11-5-4-8-17(10-11)22(19,20)12-6-7-14(21-2)13(9-12)15(16)18/h6-7,9,11H,3-5,8,10H2,1-2H3,(H2,16,18). The Morgan fingerprint density at radius 3 is 2.77 bits per heavy atom. The minimum absolute atomic E-state index is 0.0765. The minimum atomic E-state index is -3.62. The fourth-order valence-corrected chi connectivity index (χ4v) is 4.35. The van der Waals surface area contributed by atoms with Crippen LogP contribution in [0.3, 0.4) is 0 Å². The van der Waals surface area contributed by atoms with Gasteiger partial charge in [-0.15, -0.1) is 0 Å². The first-order chi connectivity index (χ1) is 10.4. The van der Waals surface area contributed by atoms with Crippen LogP contribution in [-0.2, 0) is 10.0 Å². The molecule has 0 radical (unpaired) electrons. The lowest BCUT2D eigenvalue weighted by atomic mass is 9.97. The van der Waals surface area contributed by atoms with E-state index in [1.165, 1.54) is 29.6 Å². The fraction of sp³-hybridized carbons (Fsp3) is 0.533. The zero-order valence-corrected chi connectivity index (χ0v) is 13.7. The van der Waals surface area contributed by atoms with E-state index < -0.39 is 15.9 Å². The van der Waals surface area contributed by atoms with Crippen LogP contribution in [0.2, 0.25) is 0 Å². The number of amides is 1. The Balaban J connectivity index is 2.37. The molecule has 7 heteroatoms. The van der Waals surface area contributed by atoms with Crippen LogP contribution in [0.15, 0.2) is 23.1 Å². The van der Waals surface area contributed by atoms with E-state index in [4.69, 9.17) is 10.5 Å². The number of primary amides is 1. The van der Waals surface area contributed by atoms with E-state index in [-0.39, 0.29) is 16.2 Å². The molecule has 0 aliphatic carbocycles. The molecule has 1 aromatic rings. The van der Waals surface area contributed by atoms with Gasteiger partial charge in [-0.3, -0.25) is 4.79 Å². The van der Waals surface area contributed by atoms with Crippen LogP contribution < -0.4 is 10.5 Å². The largest absolute Gasteiger partial charge is 0.496 e.